The lowest BCUT2D eigenvalue weighted by Gasteiger charge is -2.09. The quantitative estimate of drug-likeness (QED) is 0.0962. The molecule has 18 heteroatoms. The second-order valence-electron chi connectivity index (χ2n) is 11.9. The van der Waals surface area contributed by atoms with E-state index in [0.717, 1.165) is 27.8 Å². The molecular formula is C39H27F6N5O7. The van der Waals surface area contributed by atoms with Crippen molar-refractivity contribution in [2.45, 2.75) is 32.3 Å². The molecule has 12 nitrogen and oxygen atoms in total. The Balaban J connectivity index is 0.000000166. The van der Waals surface area contributed by atoms with E-state index in [0.29, 0.717) is 28.0 Å². The summed E-state index contributed by atoms with van der Waals surface area (Å²) < 4.78 is 92.5. The highest BCUT2D eigenvalue weighted by molar-refractivity contribution is 5.83. The molecule has 8 rings (SSSR count). The molecule has 0 radical (unpaired) electrons. The lowest BCUT2D eigenvalue weighted by molar-refractivity contribution is -0.275. The average molecular weight is 792 g/mol. The van der Waals surface area contributed by atoms with Gasteiger partial charge in [0.25, 0.3) is 0 Å². The number of alkyl halides is 6. The number of aromatic nitrogens is 5. The van der Waals surface area contributed by atoms with Crippen LogP contribution in [0.15, 0.2) is 132 Å². The van der Waals surface area contributed by atoms with Gasteiger partial charge in [0, 0.05) is 41.5 Å². The number of rotatable bonds is 7. The van der Waals surface area contributed by atoms with E-state index in [1.54, 1.807) is 61.2 Å². The molecular weight excluding hydrogens is 764 g/mol. The molecule has 1 N–H and O–H groups in total. The molecule has 4 heterocycles. The minimum absolute atomic E-state index is 0.0147. The molecule has 3 aromatic heterocycles. The number of carbonyl (C=O) groups is 1. The van der Waals surface area contributed by atoms with Gasteiger partial charge in [-0.3, -0.25) is 9.36 Å². The fourth-order valence-corrected chi connectivity index (χ4v) is 5.41. The zero-order valence-electron chi connectivity index (χ0n) is 29.1. The van der Waals surface area contributed by atoms with Gasteiger partial charge in [-0.25, -0.2) is 24.7 Å². The van der Waals surface area contributed by atoms with Crippen LogP contribution in [0.1, 0.15) is 16.7 Å². The van der Waals surface area contributed by atoms with Gasteiger partial charge in [0.05, 0.1) is 25.1 Å². The molecule has 0 saturated heterocycles. The first kappa shape index (κ1) is 39.6. The largest absolute Gasteiger partial charge is 0.573 e. The molecule has 0 spiro atoms. The van der Waals surface area contributed by atoms with Crippen LogP contribution >= 0.6 is 0 Å². The first-order valence-electron chi connectivity index (χ1n) is 16.5. The van der Waals surface area contributed by atoms with E-state index < -0.39 is 18.5 Å². The van der Waals surface area contributed by atoms with Crippen LogP contribution in [0.25, 0.3) is 33.4 Å². The van der Waals surface area contributed by atoms with Crippen molar-refractivity contribution in [3.8, 4) is 39.5 Å². The smallest absolute Gasteiger partial charge is 0.426 e. The summed E-state index contributed by atoms with van der Waals surface area (Å²) in [5.41, 5.74) is 6.11. The highest BCUT2D eigenvalue weighted by Gasteiger charge is 2.31. The number of oxazole rings is 1. The van der Waals surface area contributed by atoms with Crippen LogP contribution in [0.4, 0.5) is 26.3 Å². The van der Waals surface area contributed by atoms with Crippen LogP contribution < -0.4 is 20.0 Å². The average Bonchev–Trinajstić information content (AvgIpc) is 3.72. The van der Waals surface area contributed by atoms with E-state index in [2.05, 4.69) is 29.4 Å². The Morgan fingerprint density at radius 2 is 1.14 bits per heavy atom. The van der Waals surface area contributed by atoms with Crippen molar-refractivity contribution < 1.29 is 54.9 Å². The third-order valence-corrected chi connectivity index (χ3v) is 7.88. The summed E-state index contributed by atoms with van der Waals surface area (Å²) in [6, 6.07) is 21.4. The first-order chi connectivity index (χ1) is 27.2. The third-order valence-electron chi connectivity index (χ3n) is 7.88. The minimum Gasteiger partial charge on any atom is -0.426 e. The Bertz CT molecular complexity index is 2490. The fraction of sp³-hybridized carbons (Fsp3) is 0.128. The summed E-state index contributed by atoms with van der Waals surface area (Å²) in [7, 11) is 0. The molecule has 0 bridgehead atoms. The maximum atomic E-state index is 12.3. The lowest BCUT2D eigenvalue weighted by atomic mass is 10.0. The Kier molecular flexibility index (Phi) is 11.9. The zero-order chi connectivity index (χ0) is 40.6. The van der Waals surface area contributed by atoms with E-state index in [-0.39, 0.29) is 37.0 Å². The summed E-state index contributed by atoms with van der Waals surface area (Å²) in [6.45, 7) is 0.245. The van der Waals surface area contributed by atoms with Crippen molar-refractivity contribution in [1.29, 1.82) is 0 Å². The predicted octanol–water partition coefficient (Wildman–Crippen LogP) is 7.68. The van der Waals surface area contributed by atoms with E-state index in [4.69, 9.17) is 14.3 Å². The molecule has 1 aliphatic rings. The number of esters is 1. The highest BCUT2D eigenvalue weighted by atomic mass is 19.4. The number of halogens is 6. The van der Waals surface area contributed by atoms with Crippen LogP contribution in [0.5, 0.6) is 17.2 Å². The fourth-order valence-electron chi connectivity index (χ4n) is 5.41. The van der Waals surface area contributed by atoms with Crippen LogP contribution in [-0.4, -0.2) is 48.3 Å². The summed E-state index contributed by atoms with van der Waals surface area (Å²) in [4.78, 5) is 38.6. The lowest BCUT2D eigenvalue weighted by Crippen LogP contribution is -2.16. The molecule has 0 fully saturated rings. The van der Waals surface area contributed by atoms with Gasteiger partial charge in [0.15, 0.2) is 5.58 Å². The van der Waals surface area contributed by atoms with E-state index >= 15 is 0 Å². The molecule has 4 aromatic carbocycles. The first-order valence-corrected chi connectivity index (χ1v) is 16.5. The van der Waals surface area contributed by atoms with Gasteiger partial charge in [-0.2, -0.15) is 0 Å². The van der Waals surface area contributed by atoms with Crippen molar-refractivity contribution in [3.63, 3.8) is 0 Å². The molecule has 0 saturated carbocycles. The monoisotopic (exact) mass is 791 g/mol. The van der Waals surface area contributed by atoms with Crippen molar-refractivity contribution in [2.24, 2.45) is 0 Å². The van der Waals surface area contributed by atoms with E-state index in [1.807, 2.05) is 0 Å². The molecule has 0 atom stereocenters. The molecule has 0 aliphatic carbocycles. The number of hydrogen-bond acceptors (Lipinski definition) is 11. The number of benzene rings is 4. The van der Waals surface area contributed by atoms with Crippen molar-refractivity contribution in [1.82, 2.24) is 24.5 Å². The summed E-state index contributed by atoms with van der Waals surface area (Å²) in [5, 5.41) is 8.46. The number of hydrogen-bond donors (Lipinski definition) is 1. The second kappa shape index (κ2) is 17.2. The van der Waals surface area contributed by atoms with Gasteiger partial charge in [-0.1, -0.05) is 36.4 Å². The van der Waals surface area contributed by atoms with Gasteiger partial charge >= 0.3 is 24.5 Å². The molecule has 7 aromatic rings. The molecule has 1 aliphatic heterocycles. The second-order valence-corrected chi connectivity index (χ2v) is 11.9. The summed E-state index contributed by atoms with van der Waals surface area (Å²) >= 11 is 0. The normalized spacial score (nSPS) is 12.1. The summed E-state index contributed by atoms with van der Waals surface area (Å²) in [5.74, 6) is -0.880. The van der Waals surface area contributed by atoms with E-state index in [9.17, 15) is 35.9 Å². The molecule has 0 unspecified atom stereocenters. The Labute approximate surface area is 317 Å². The molecule has 292 valence electrons. The predicted molar refractivity (Wildman–Crippen MR) is 190 cm³/mol. The van der Waals surface area contributed by atoms with Crippen LogP contribution in [-0.2, 0) is 24.4 Å². The topological polar surface area (TPSA) is 152 Å². The van der Waals surface area contributed by atoms with Crippen LogP contribution in [0, 0.1) is 0 Å². The molecule has 0 amide bonds. The number of ether oxygens (including phenoxy) is 3. The maximum absolute atomic E-state index is 12.3. The van der Waals surface area contributed by atoms with Gasteiger partial charge in [-0.05, 0) is 70.8 Å². The van der Waals surface area contributed by atoms with Gasteiger partial charge in [0.1, 0.15) is 29.9 Å². The highest BCUT2D eigenvalue weighted by Crippen LogP contribution is 2.33. The van der Waals surface area contributed by atoms with Gasteiger partial charge in [0.2, 0.25) is 0 Å². The van der Waals surface area contributed by atoms with Crippen molar-refractivity contribution in [2.75, 3.05) is 0 Å². The maximum Gasteiger partial charge on any atom is 0.573 e. The van der Waals surface area contributed by atoms with Gasteiger partial charge < -0.3 is 23.7 Å². The van der Waals surface area contributed by atoms with E-state index in [1.165, 1.54) is 65.8 Å². The van der Waals surface area contributed by atoms with Crippen molar-refractivity contribution in [3.05, 3.63) is 150 Å². The minimum atomic E-state index is -4.74. The Morgan fingerprint density at radius 1 is 0.649 bits per heavy atom. The molecule has 57 heavy (non-hydrogen) atoms. The third kappa shape index (κ3) is 11.0. The van der Waals surface area contributed by atoms with Crippen LogP contribution in [0.2, 0.25) is 0 Å². The number of aliphatic hydroxyl groups excluding tert-OH is 1. The van der Waals surface area contributed by atoms with Crippen LogP contribution in [0.3, 0.4) is 0 Å². The number of aliphatic hydroxyl groups is 1. The Hall–Kier alpha value is -7.08. The van der Waals surface area contributed by atoms with Gasteiger partial charge in [-0.15, -0.1) is 26.3 Å². The SMILES string of the molecule is O=C1Cc2cc(-c3ccc(OC(F)(F)F)cc3)ccc2O1.O=c1oc2ccc(-c3ccc(OC(F)(F)F)cc3)cc2n1Cc1cncnc1.OCc1cncnc1. The van der Waals surface area contributed by atoms with Crippen molar-refractivity contribution >= 4 is 17.1 Å². The Morgan fingerprint density at radius 3 is 1.65 bits per heavy atom. The zero-order valence-corrected chi connectivity index (χ0v) is 29.1. The summed E-state index contributed by atoms with van der Waals surface area (Å²) in [6.07, 6.45) is -0.0636. The number of nitrogens with zero attached hydrogens (tertiary/aromatic N) is 5. The standard InChI is InChI=1S/C19H12F3N3O3.C15H9F3O3.C5H6N2O/c20-19(21,22)28-15-4-1-13(2-5-15)14-3-6-17-16(7-14)25(18(26)27-17)10-12-8-23-11-24-9-12;16-15(17,18)21-12-4-1-9(2-5-12)10-3-6-13-11(7-10)8-14(19)20-13;8-3-5-1-6-4-7-2-5/h1-9,11H,10H2;1-7H,8H2;1-2,4,8H,3H2. The number of carbonyl (C=O) groups excluding carboxylic acids is 1. The number of fused-ring (bicyclic) bond motifs is 2.